The monoisotopic (exact) mass is 395 g/mol. The van der Waals surface area contributed by atoms with E-state index in [1.54, 1.807) is 12.3 Å². The van der Waals surface area contributed by atoms with Gasteiger partial charge in [0.25, 0.3) is 0 Å². The Morgan fingerprint density at radius 1 is 1.50 bits per heavy atom. The van der Waals surface area contributed by atoms with Crippen LogP contribution in [0.3, 0.4) is 0 Å². The molecule has 0 radical (unpaired) electrons. The lowest BCUT2D eigenvalue weighted by atomic mass is 9.99. The second kappa shape index (κ2) is 7.17. The summed E-state index contributed by atoms with van der Waals surface area (Å²) < 4.78 is 5.28. The van der Waals surface area contributed by atoms with Crippen LogP contribution in [0.4, 0.5) is 0 Å². The summed E-state index contributed by atoms with van der Waals surface area (Å²) >= 11 is 12.6. The molecule has 2 heterocycles. The fourth-order valence-electron chi connectivity index (χ4n) is 3.49. The molecule has 0 bridgehead atoms. The highest BCUT2D eigenvalue weighted by atomic mass is 35.5. The Morgan fingerprint density at radius 2 is 2.23 bits per heavy atom. The molecule has 10 heteroatoms. The molecule has 3 rings (SSSR count). The van der Waals surface area contributed by atoms with E-state index in [0.29, 0.717) is 16.7 Å². The Morgan fingerprint density at radius 3 is 2.85 bits per heavy atom. The first-order valence-electron chi connectivity index (χ1n) is 7.73. The van der Waals surface area contributed by atoms with Crippen LogP contribution < -0.4 is 4.74 Å². The minimum Gasteiger partial charge on any atom is -0.495 e. The number of pyridine rings is 1. The zero-order chi connectivity index (χ0) is 19.0. The van der Waals surface area contributed by atoms with Crippen LogP contribution in [0.5, 0.6) is 5.75 Å². The van der Waals surface area contributed by atoms with Gasteiger partial charge in [-0.3, -0.25) is 9.78 Å². The van der Waals surface area contributed by atoms with Crippen molar-refractivity contribution in [2.45, 2.75) is 19.0 Å². The second-order valence-electron chi connectivity index (χ2n) is 5.79. The number of ether oxygens (including phenoxy) is 1. The number of aliphatic hydroxyl groups excluding tert-OH is 1. The molecule has 1 N–H and O–H groups in total. The van der Waals surface area contributed by atoms with Crippen LogP contribution in [0.2, 0.25) is 10.0 Å². The van der Waals surface area contributed by atoms with Crippen LogP contribution in [0, 0.1) is 0 Å². The van der Waals surface area contributed by atoms with E-state index < -0.39 is 18.6 Å². The topological polar surface area (TPSA) is 111 Å². The molecule has 26 heavy (non-hydrogen) atoms. The fraction of sp³-hybridized carbons (Fsp3) is 0.375. The molecule has 2 aromatic rings. The smallest absolute Gasteiger partial charge is 0.249 e. The van der Waals surface area contributed by atoms with Crippen molar-refractivity contribution in [3.8, 4) is 5.75 Å². The summed E-state index contributed by atoms with van der Waals surface area (Å²) in [7, 11) is 1.48. The Balaban J connectivity index is 2.30. The van der Waals surface area contributed by atoms with Crippen LogP contribution in [0.1, 0.15) is 30.1 Å². The van der Waals surface area contributed by atoms with Gasteiger partial charge in [0.1, 0.15) is 17.4 Å². The van der Waals surface area contributed by atoms with Gasteiger partial charge in [-0.2, -0.15) is 0 Å². The number of benzene rings is 1. The average molecular weight is 396 g/mol. The maximum Gasteiger partial charge on any atom is 0.249 e. The molecule has 1 aliphatic heterocycles. The number of aliphatic hydroxyl groups is 1. The van der Waals surface area contributed by atoms with Crippen molar-refractivity contribution in [2.24, 2.45) is 5.11 Å². The van der Waals surface area contributed by atoms with E-state index >= 15 is 0 Å². The van der Waals surface area contributed by atoms with Crippen molar-refractivity contribution >= 4 is 40.0 Å². The highest BCUT2D eigenvalue weighted by molar-refractivity contribution is 6.46. The lowest BCUT2D eigenvalue weighted by molar-refractivity contribution is -0.138. The molecule has 0 saturated heterocycles. The molecular weight excluding hydrogens is 381 g/mol. The zero-order valence-corrected chi connectivity index (χ0v) is 15.5. The number of hydrogen-bond donors (Lipinski definition) is 1. The van der Waals surface area contributed by atoms with Crippen LogP contribution >= 0.6 is 23.2 Å². The molecule has 0 spiro atoms. The first-order chi connectivity index (χ1) is 12.5. The van der Waals surface area contributed by atoms with Crippen LogP contribution in [-0.2, 0) is 4.79 Å². The van der Waals surface area contributed by atoms with Crippen LogP contribution in [0.15, 0.2) is 17.4 Å². The molecule has 1 amide bonds. The van der Waals surface area contributed by atoms with E-state index in [4.69, 9.17) is 33.5 Å². The Hall–Kier alpha value is -2.25. The number of aromatic nitrogens is 1. The maximum atomic E-state index is 12.3. The number of rotatable bonds is 4. The lowest BCUT2D eigenvalue weighted by Crippen LogP contribution is -2.35. The van der Waals surface area contributed by atoms with Gasteiger partial charge in [0, 0.05) is 16.5 Å². The summed E-state index contributed by atoms with van der Waals surface area (Å²) in [6, 6.07) is 0.826. The third-order valence-electron chi connectivity index (χ3n) is 4.57. The first-order valence-corrected chi connectivity index (χ1v) is 8.49. The van der Waals surface area contributed by atoms with E-state index in [1.165, 1.54) is 12.0 Å². The van der Waals surface area contributed by atoms with Gasteiger partial charge in [-0.1, -0.05) is 28.3 Å². The average Bonchev–Trinajstić information content (AvgIpc) is 2.94. The predicted octanol–water partition coefficient (Wildman–Crippen LogP) is 3.80. The molecule has 136 valence electrons. The molecule has 1 aromatic heterocycles. The molecular formula is C16H15Cl2N5O3. The molecule has 0 saturated carbocycles. The minimum atomic E-state index is -0.646. The zero-order valence-electron chi connectivity index (χ0n) is 14.0. The Kier molecular flexibility index (Phi) is 5.11. The molecule has 1 aliphatic rings. The maximum absolute atomic E-state index is 12.3. The first kappa shape index (κ1) is 18.5. The Bertz CT molecular complexity index is 945. The molecule has 0 aliphatic carbocycles. The standard InChI is InChI=1S/C16H15Cl2N5O3/c1-7-13-8-3-11(26-2)14(17)15(18)16(8)20-4-9(13)10(5-21-22-19)23(7)12(25)6-24/h3-4,7,10,24H,5-6H2,1-2H3/t7-,10+/m0/s1. The molecule has 1 aromatic carbocycles. The van der Waals surface area contributed by atoms with Gasteiger partial charge in [-0.15, -0.1) is 0 Å². The quantitative estimate of drug-likeness (QED) is 0.481. The van der Waals surface area contributed by atoms with Crippen LogP contribution in [0.25, 0.3) is 21.3 Å². The van der Waals surface area contributed by atoms with Crippen molar-refractivity contribution in [3.63, 3.8) is 0 Å². The molecule has 2 atom stereocenters. The second-order valence-corrected chi connectivity index (χ2v) is 6.55. The number of fused-ring (bicyclic) bond motifs is 3. The Labute approximate surface area is 158 Å². The van der Waals surface area contributed by atoms with Gasteiger partial charge in [0.2, 0.25) is 5.91 Å². The van der Waals surface area contributed by atoms with E-state index in [-0.39, 0.29) is 22.6 Å². The van der Waals surface area contributed by atoms with E-state index in [2.05, 4.69) is 15.0 Å². The summed E-state index contributed by atoms with van der Waals surface area (Å²) in [4.78, 5) is 21.0. The third-order valence-corrected chi connectivity index (χ3v) is 5.41. The molecule has 0 unspecified atom stereocenters. The molecule has 8 nitrogen and oxygen atoms in total. The lowest BCUT2D eigenvalue weighted by Gasteiger charge is -2.27. The summed E-state index contributed by atoms with van der Waals surface area (Å²) in [6.45, 7) is 1.22. The normalized spacial score (nSPS) is 18.6. The van der Waals surface area contributed by atoms with Crippen molar-refractivity contribution in [2.75, 3.05) is 20.3 Å². The van der Waals surface area contributed by atoms with Gasteiger partial charge < -0.3 is 14.7 Å². The van der Waals surface area contributed by atoms with Gasteiger partial charge in [-0.05, 0) is 29.6 Å². The summed E-state index contributed by atoms with van der Waals surface area (Å²) in [6.07, 6.45) is 1.60. The number of amides is 1. The largest absolute Gasteiger partial charge is 0.495 e. The number of halogens is 2. The summed E-state index contributed by atoms with van der Waals surface area (Å²) in [5.74, 6) is -0.0721. The van der Waals surface area contributed by atoms with E-state index in [0.717, 1.165) is 11.1 Å². The van der Waals surface area contributed by atoms with Gasteiger partial charge in [0.05, 0.1) is 36.3 Å². The molecule has 0 fully saturated rings. The summed E-state index contributed by atoms with van der Waals surface area (Å²) in [5, 5.41) is 14.2. The van der Waals surface area contributed by atoms with Crippen molar-refractivity contribution < 1.29 is 14.6 Å². The van der Waals surface area contributed by atoms with Crippen LogP contribution in [-0.4, -0.2) is 41.2 Å². The SMILES string of the molecule is COc1cc2c3c(cnc2c(Cl)c1Cl)[C@@H](CN=[N+]=[N-])N(C(=O)CO)[C@H]3C. The minimum absolute atomic E-state index is 0.0330. The van der Waals surface area contributed by atoms with Gasteiger partial charge >= 0.3 is 0 Å². The van der Waals surface area contributed by atoms with Gasteiger partial charge in [-0.25, -0.2) is 0 Å². The number of hydrogen-bond acceptors (Lipinski definition) is 5. The highest BCUT2D eigenvalue weighted by Crippen LogP contribution is 2.48. The van der Waals surface area contributed by atoms with E-state index in [1.807, 2.05) is 6.92 Å². The third kappa shape index (κ3) is 2.71. The van der Waals surface area contributed by atoms with Crippen molar-refractivity contribution in [1.29, 1.82) is 0 Å². The highest BCUT2D eigenvalue weighted by Gasteiger charge is 2.40. The number of carbonyl (C=O) groups excluding carboxylic acids is 1. The summed E-state index contributed by atoms with van der Waals surface area (Å²) in [5.41, 5.74) is 10.7. The van der Waals surface area contributed by atoms with E-state index in [9.17, 15) is 9.90 Å². The number of nitrogens with zero attached hydrogens (tertiary/aromatic N) is 5. The van der Waals surface area contributed by atoms with Gasteiger partial charge in [0.15, 0.2) is 0 Å². The number of carbonyl (C=O) groups is 1. The van der Waals surface area contributed by atoms with Crippen molar-refractivity contribution in [1.82, 2.24) is 9.88 Å². The fourth-order valence-corrected chi connectivity index (χ4v) is 3.96. The number of azide groups is 1. The predicted molar refractivity (Wildman–Crippen MR) is 97.4 cm³/mol. The van der Waals surface area contributed by atoms with Crippen molar-refractivity contribution in [3.05, 3.63) is 43.9 Å². The number of methoxy groups -OCH3 is 1.